The van der Waals surface area contributed by atoms with E-state index in [9.17, 15) is 13.6 Å². The predicted molar refractivity (Wildman–Crippen MR) is 77.1 cm³/mol. The summed E-state index contributed by atoms with van der Waals surface area (Å²) >= 11 is 0. The van der Waals surface area contributed by atoms with Crippen LogP contribution in [-0.2, 0) is 6.54 Å². The molecule has 2 heterocycles. The zero-order chi connectivity index (χ0) is 16.2. The van der Waals surface area contributed by atoms with Crippen LogP contribution in [0.2, 0.25) is 0 Å². The molecule has 0 unspecified atom stereocenters. The molecule has 1 amide bonds. The van der Waals surface area contributed by atoms with Crippen molar-refractivity contribution in [2.75, 3.05) is 0 Å². The first-order valence-corrected chi connectivity index (χ1v) is 6.69. The number of nitrogens with zero attached hydrogens (tertiary/aromatic N) is 3. The van der Waals surface area contributed by atoms with Gasteiger partial charge in [0.2, 0.25) is 0 Å². The Balaban J connectivity index is 1.68. The van der Waals surface area contributed by atoms with Gasteiger partial charge < -0.3 is 5.32 Å². The lowest BCUT2D eigenvalue weighted by atomic mass is 10.2. The second kappa shape index (κ2) is 6.30. The molecular weight excluding hydrogens is 304 g/mol. The molecule has 0 fully saturated rings. The Morgan fingerprint density at radius 3 is 2.74 bits per heavy atom. The highest BCUT2D eigenvalue weighted by molar-refractivity contribution is 5.94. The number of pyridine rings is 1. The van der Waals surface area contributed by atoms with Crippen LogP contribution in [0.5, 0.6) is 0 Å². The third-order valence-corrected chi connectivity index (χ3v) is 3.08. The van der Waals surface area contributed by atoms with Gasteiger partial charge in [-0.25, -0.2) is 13.8 Å². The highest BCUT2D eigenvalue weighted by Gasteiger charge is 2.15. The molecule has 0 aliphatic rings. The van der Waals surface area contributed by atoms with Crippen molar-refractivity contribution in [1.82, 2.24) is 25.5 Å². The van der Waals surface area contributed by atoms with Gasteiger partial charge in [0.05, 0.1) is 12.1 Å². The number of aromatic amines is 1. The van der Waals surface area contributed by atoms with Crippen LogP contribution < -0.4 is 5.32 Å². The SMILES string of the molecule is O=C(NCc1nc(-c2ccncc2)n[nH]1)c1cccc(F)c1F. The summed E-state index contributed by atoms with van der Waals surface area (Å²) in [7, 11) is 0. The Labute approximate surface area is 129 Å². The fourth-order valence-electron chi connectivity index (χ4n) is 1.94. The highest BCUT2D eigenvalue weighted by atomic mass is 19.2. The summed E-state index contributed by atoms with van der Waals surface area (Å²) in [5.41, 5.74) is 0.406. The molecule has 0 atom stereocenters. The first-order valence-electron chi connectivity index (χ1n) is 6.69. The van der Waals surface area contributed by atoms with Gasteiger partial charge >= 0.3 is 0 Å². The molecule has 6 nitrogen and oxygen atoms in total. The number of amides is 1. The van der Waals surface area contributed by atoms with Crippen molar-refractivity contribution in [2.45, 2.75) is 6.54 Å². The standard InChI is InChI=1S/C15H11F2N5O/c16-11-3-1-2-10(13(11)17)15(23)19-8-12-20-14(22-21-12)9-4-6-18-7-5-9/h1-7H,8H2,(H,19,23)(H,20,21,22). The number of H-pyrrole nitrogens is 1. The maximum Gasteiger partial charge on any atom is 0.254 e. The number of benzene rings is 1. The molecule has 0 bridgehead atoms. The van der Waals surface area contributed by atoms with Gasteiger partial charge in [0.25, 0.3) is 5.91 Å². The summed E-state index contributed by atoms with van der Waals surface area (Å²) in [6.45, 7) is 0.00682. The third kappa shape index (κ3) is 3.20. The molecule has 8 heteroatoms. The van der Waals surface area contributed by atoms with Crippen molar-refractivity contribution in [3.05, 3.63) is 65.7 Å². The van der Waals surface area contributed by atoms with E-state index in [2.05, 4.69) is 25.5 Å². The quantitative estimate of drug-likeness (QED) is 0.772. The van der Waals surface area contributed by atoms with E-state index in [0.717, 1.165) is 11.6 Å². The van der Waals surface area contributed by atoms with Crippen LogP contribution in [-0.4, -0.2) is 26.1 Å². The molecule has 0 saturated heterocycles. The van der Waals surface area contributed by atoms with Crippen molar-refractivity contribution in [3.63, 3.8) is 0 Å². The molecule has 0 radical (unpaired) electrons. The maximum absolute atomic E-state index is 13.5. The van der Waals surface area contributed by atoms with E-state index in [-0.39, 0.29) is 12.1 Å². The minimum absolute atomic E-state index is 0.00682. The van der Waals surface area contributed by atoms with Crippen LogP contribution in [0.15, 0.2) is 42.7 Å². The Morgan fingerprint density at radius 1 is 1.17 bits per heavy atom. The summed E-state index contributed by atoms with van der Waals surface area (Å²) in [6, 6.07) is 6.91. The molecule has 116 valence electrons. The highest BCUT2D eigenvalue weighted by Crippen LogP contribution is 2.13. The summed E-state index contributed by atoms with van der Waals surface area (Å²) in [5, 5.41) is 9.15. The van der Waals surface area contributed by atoms with Crippen LogP contribution >= 0.6 is 0 Å². The largest absolute Gasteiger partial charge is 0.345 e. The van der Waals surface area contributed by atoms with Crippen molar-refractivity contribution < 1.29 is 13.6 Å². The molecule has 3 rings (SSSR count). The number of hydrogen-bond donors (Lipinski definition) is 2. The third-order valence-electron chi connectivity index (χ3n) is 3.08. The number of aromatic nitrogens is 4. The van der Waals surface area contributed by atoms with Gasteiger partial charge in [0.15, 0.2) is 17.5 Å². The van der Waals surface area contributed by atoms with Crippen LogP contribution in [0.3, 0.4) is 0 Å². The van der Waals surface area contributed by atoms with E-state index in [0.29, 0.717) is 11.6 Å². The van der Waals surface area contributed by atoms with Gasteiger partial charge in [-0.2, -0.15) is 5.10 Å². The van der Waals surface area contributed by atoms with E-state index in [1.165, 1.54) is 12.1 Å². The van der Waals surface area contributed by atoms with E-state index in [4.69, 9.17) is 0 Å². The summed E-state index contributed by atoms with van der Waals surface area (Å²) < 4.78 is 26.6. The summed E-state index contributed by atoms with van der Waals surface area (Å²) in [5.74, 6) is -2.14. The Hall–Kier alpha value is -3.16. The Bertz CT molecular complexity index is 835. The molecule has 2 aromatic heterocycles. The normalized spacial score (nSPS) is 10.5. The molecule has 0 spiro atoms. The monoisotopic (exact) mass is 315 g/mol. The lowest BCUT2D eigenvalue weighted by Crippen LogP contribution is -2.24. The molecule has 3 aromatic rings. The van der Waals surface area contributed by atoms with Gasteiger partial charge in [-0.1, -0.05) is 6.07 Å². The van der Waals surface area contributed by atoms with Gasteiger partial charge in [-0.3, -0.25) is 14.9 Å². The van der Waals surface area contributed by atoms with Gasteiger partial charge in [-0.05, 0) is 24.3 Å². The zero-order valence-electron chi connectivity index (χ0n) is 11.8. The second-order valence-corrected chi connectivity index (χ2v) is 4.63. The van der Waals surface area contributed by atoms with Gasteiger partial charge in [-0.15, -0.1) is 0 Å². The summed E-state index contributed by atoms with van der Waals surface area (Å²) in [4.78, 5) is 20.0. The lowest BCUT2D eigenvalue weighted by molar-refractivity contribution is 0.0945. The van der Waals surface area contributed by atoms with E-state index in [1.807, 2.05) is 0 Å². The smallest absolute Gasteiger partial charge is 0.254 e. The minimum Gasteiger partial charge on any atom is -0.345 e. The Morgan fingerprint density at radius 2 is 1.96 bits per heavy atom. The van der Waals surface area contributed by atoms with Crippen molar-refractivity contribution in [2.24, 2.45) is 0 Å². The number of nitrogens with one attached hydrogen (secondary N) is 2. The maximum atomic E-state index is 13.5. The molecule has 0 aliphatic heterocycles. The number of halogens is 2. The van der Waals surface area contributed by atoms with E-state index in [1.54, 1.807) is 24.5 Å². The Kier molecular flexibility index (Phi) is 4.05. The van der Waals surface area contributed by atoms with Crippen LogP contribution in [0.1, 0.15) is 16.2 Å². The summed E-state index contributed by atoms with van der Waals surface area (Å²) in [6.07, 6.45) is 3.22. The van der Waals surface area contributed by atoms with Crippen LogP contribution in [0.4, 0.5) is 8.78 Å². The van der Waals surface area contributed by atoms with Crippen molar-refractivity contribution >= 4 is 5.91 Å². The topological polar surface area (TPSA) is 83.6 Å². The van der Waals surface area contributed by atoms with Crippen LogP contribution in [0.25, 0.3) is 11.4 Å². The fourth-order valence-corrected chi connectivity index (χ4v) is 1.94. The molecule has 1 aromatic carbocycles. The molecule has 0 aliphatic carbocycles. The average Bonchev–Trinajstić information content (AvgIpc) is 3.05. The fraction of sp³-hybridized carbons (Fsp3) is 0.0667. The lowest BCUT2D eigenvalue weighted by Gasteiger charge is -2.04. The number of carbonyl (C=O) groups is 1. The first-order chi connectivity index (χ1) is 11.1. The second-order valence-electron chi connectivity index (χ2n) is 4.63. The number of carbonyl (C=O) groups excluding carboxylic acids is 1. The molecule has 2 N–H and O–H groups in total. The minimum atomic E-state index is -1.18. The number of rotatable bonds is 4. The van der Waals surface area contributed by atoms with Crippen LogP contribution in [0, 0.1) is 11.6 Å². The van der Waals surface area contributed by atoms with E-state index >= 15 is 0 Å². The van der Waals surface area contributed by atoms with Crippen molar-refractivity contribution in [1.29, 1.82) is 0 Å². The first kappa shape index (κ1) is 14.8. The number of hydrogen-bond acceptors (Lipinski definition) is 4. The molecular formula is C15H11F2N5O. The molecule has 0 saturated carbocycles. The predicted octanol–water partition coefficient (Wildman–Crippen LogP) is 2.07. The average molecular weight is 315 g/mol. The molecule has 23 heavy (non-hydrogen) atoms. The zero-order valence-corrected chi connectivity index (χ0v) is 11.8. The van der Waals surface area contributed by atoms with Crippen molar-refractivity contribution in [3.8, 4) is 11.4 Å². The van der Waals surface area contributed by atoms with Gasteiger partial charge in [0, 0.05) is 18.0 Å². The van der Waals surface area contributed by atoms with Gasteiger partial charge in [0.1, 0.15) is 5.82 Å². The van der Waals surface area contributed by atoms with E-state index < -0.39 is 17.5 Å².